The molecular weight excluding hydrogens is 463 g/mol. The third kappa shape index (κ3) is 3.09. The number of hydrogen-bond acceptors (Lipinski definition) is 2. The summed E-state index contributed by atoms with van der Waals surface area (Å²) in [5.41, 5.74) is 5.64. The Hall–Kier alpha value is -3.54. The smallest absolute Gasteiger partial charge is 0.394 e. The van der Waals surface area contributed by atoms with Crippen LogP contribution in [-0.4, -0.2) is 6.18 Å². The van der Waals surface area contributed by atoms with Crippen LogP contribution in [0.15, 0.2) is 47.0 Å². The van der Waals surface area contributed by atoms with E-state index >= 15 is 0 Å². The SMILES string of the molecule is Cc1cc(C)c2c(c1C)-c1c3c(cc4oc5cc(CC(C)(C)C(F)(F)F)ccc5c4c3cc[n+]1C)O2. The average molecular weight is 491 g/mol. The topological polar surface area (TPSA) is 26.2 Å². The number of rotatable bonds is 2. The summed E-state index contributed by atoms with van der Waals surface area (Å²) in [5, 5.41) is 3.84. The van der Waals surface area contributed by atoms with E-state index in [0.717, 1.165) is 49.9 Å². The molecule has 0 unspecified atom stereocenters. The van der Waals surface area contributed by atoms with Crippen LogP contribution in [0.1, 0.15) is 36.1 Å². The van der Waals surface area contributed by atoms with E-state index in [2.05, 4.69) is 37.5 Å². The number of hydrogen-bond donors (Lipinski definition) is 0. The number of pyridine rings is 1. The predicted molar refractivity (Wildman–Crippen MR) is 136 cm³/mol. The number of aromatic nitrogens is 1. The minimum Gasteiger partial charge on any atom is -0.456 e. The molecule has 2 aromatic heterocycles. The van der Waals surface area contributed by atoms with Gasteiger partial charge in [-0.05, 0) is 55.5 Å². The van der Waals surface area contributed by atoms with Crippen molar-refractivity contribution in [3.8, 4) is 22.8 Å². The van der Waals surface area contributed by atoms with Gasteiger partial charge in [-0.3, -0.25) is 0 Å². The zero-order chi connectivity index (χ0) is 25.7. The number of benzene rings is 3. The molecule has 184 valence electrons. The fourth-order valence-electron chi connectivity index (χ4n) is 5.53. The Balaban J connectivity index is 1.63. The van der Waals surface area contributed by atoms with Crippen LogP contribution in [0, 0.1) is 26.2 Å². The molecule has 6 rings (SSSR count). The Morgan fingerprint density at radius 3 is 2.33 bits per heavy atom. The second kappa shape index (κ2) is 7.25. The summed E-state index contributed by atoms with van der Waals surface area (Å²) >= 11 is 0. The highest BCUT2D eigenvalue weighted by molar-refractivity contribution is 6.22. The molecule has 6 heteroatoms. The normalized spacial score (nSPS) is 13.5. The largest absolute Gasteiger partial charge is 0.456 e. The van der Waals surface area contributed by atoms with Gasteiger partial charge in [0.05, 0.1) is 16.4 Å². The van der Waals surface area contributed by atoms with Crippen LogP contribution in [0.5, 0.6) is 11.5 Å². The van der Waals surface area contributed by atoms with Gasteiger partial charge in [-0.25, -0.2) is 4.57 Å². The zero-order valence-corrected chi connectivity index (χ0v) is 21.1. The fourth-order valence-corrected chi connectivity index (χ4v) is 5.53. The zero-order valence-electron chi connectivity index (χ0n) is 21.1. The number of ether oxygens (including phenoxy) is 1. The van der Waals surface area contributed by atoms with Gasteiger partial charge in [0.15, 0.2) is 6.20 Å². The Morgan fingerprint density at radius 1 is 0.861 bits per heavy atom. The lowest BCUT2D eigenvalue weighted by molar-refractivity contribution is -0.659. The maximum Gasteiger partial charge on any atom is 0.394 e. The van der Waals surface area contributed by atoms with Crippen LogP contribution in [-0.2, 0) is 13.5 Å². The fraction of sp³-hybridized carbons (Fsp3) is 0.300. The van der Waals surface area contributed by atoms with E-state index < -0.39 is 11.6 Å². The van der Waals surface area contributed by atoms with Crippen molar-refractivity contribution in [1.82, 2.24) is 0 Å². The van der Waals surface area contributed by atoms with Crippen LogP contribution in [0.25, 0.3) is 44.0 Å². The summed E-state index contributed by atoms with van der Waals surface area (Å²) in [5.74, 6) is 1.57. The molecule has 3 nitrogen and oxygen atoms in total. The minimum absolute atomic E-state index is 0.119. The Morgan fingerprint density at radius 2 is 1.61 bits per heavy atom. The molecule has 1 aliphatic rings. The molecule has 0 spiro atoms. The average Bonchev–Trinajstić information content (AvgIpc) is 3.15. The van der Waals surface area contributed by atoms with Crippen molar-refractivity contribution in [3.63, 3.8) is 0 Å². The van der Waals surface area contributed by atoms with Crippen LogP contribution in [0.2, 0.25) is 0 Å². The van der Waals surface area contributed by atoms with Crippen molar-refractivity contribution in [2.75, 3.05) is 0 Å². The Labute approximate surface area is 207 Å². The lowest BCUT2D eigenvalue weighted by atomic mass is 9.85. The Kier molecular flexibility index (Phi) is 4.61. The predicted octanol–water partition coefficient (Wildman–Crippen LogP) is 8.39. The van der Waals surface area contributed by atoms with Crippen molar-refractivity contribution in [2.45, 2.75) is 47.2 Å². The van der Waals surface area contributed by atoms with E-state index in [1.54, 1.807) is 12.1 Å². The molecule has 0 aliphatic carbocycles. The van der Waals surface area contributed by atoms with Gasteiger partial charge < -0.3 is 9.15 Å². The molecule has 0 N–H and O–H groups in total. The van der Waals surface area contributed by atoms with Crippen molar-refractivity contribution >= 4 is 32.7 Å². The van der Waals surface area contributed by atoms with Gasteiger partial charge in [0.25, 0.3) is 0 Å². The quantitative estimate of drug-likeness (QED) is 0.228. The van der Waals surface area contributed by atoms with Gasteiger partial charge in [-0.2, -0.15) is 13.2 Å². The molecule has 0 saturated heterocycles. The van der Waals surface area contributed by atoms with E-state index in [-0.39, 0.29) is 6.42 Å². The van der Waals surface area contributed by atoms with E-state index in [1.165, 1.54) is 25.0 Å². The van der Waals surface area contributed by atoms with Crippen molar-refractivity contribution in [3.05, 3.63) is 64.8 Å². The highest BCUT2D eigenvalue weighted by Crippen LogP contribution is 2.51. The van der Waals surface area contributed by atoms with E-state index in [0.29, 0.717) is 16.7 Å². The second-order valence-electron chi connectivity index (χ2n) is 10.7. The lowest BCUT2D eigenvalue weighted by Crippen LogP contribution is -2.34. The van der Waals surface area contributed by atoms with Gasteiger partial charge in [0.1, 0.15) is 29.7 Å². The summed E-state index contributed by atoms with van der Waals surface area (Å²) in [6.45, 7) is 8.75. The number of alkyl halides is 3. The van der Waals surface area contributed by atoms with E-state index in [4.69, 9.17) is 9.15 Å². The molecule has 0 amide bonds. The summed E-state index contributed by atoms with van der Waals surface area (Å²) in [4.78, 5) is 0. The molecule has 0 bridgehead atoms. The first-order valence-electron chi connectivity index (χ1n) is 12.0. The Bertz CT molecular complexity index is 1740. The molecular formula is C30H27F3NO2+. The first-order valence-corrected chi connectivity index (χ1v) is 12.0. The standard InChI is InChI=1S/C30H27F3NO2/c1-15-11-16(2)28-24(17(15)3)27-26-20(9-10-34(27)6)25-19-8-7-18(14-29(4,5)30(31,32)33)12-21(19)35-22(25)13-23(26)36-28/h7-13H,14H2,1-6H3/q+1. The summed E-state index contributed by atoms with van der Waals surface area (Å²) in [7, 11) is 2.04. The first kappa shape index (κ1) is 22.9. The number of fused-ring (bicyclic) bond motifs is 6. The maximum atomic E-state index is 13.5. The highest BCUT2D eigenvalue weighted by atomic mass is 19.4. The molecule has 1 aliphatic heterocycles. The van der Waals surface area contributed by atoms with E-state index in [9.17, 15) is 13.2 Å². The minimum atomic E-state index is -4.29. The maximum absolute atomic E-state index is 13.5. The lowest BCUT2D eigenvalue weighted by Gasteiger charge is -2.27. The third-order valence-corrected chi connectivity index (χ3v) is 7.73. The van der Waals surface area contributed by atoms with Gasteiger partial charge >= 0.3 is 6.18 Å². The summed E-state index contributed by atoms with van der Waals surface area (Å²) < 4.78 is 55.3. The van der Waals surface area contributed by atoms with Gasteiger partial charge in [-0.1, -0.05) is 32.0 Å². The van der Waals surface area contributed by atoms with Crippen LogP contribution < -0.4 is 9.30 Å². The molecule has 3 heterocycles. The summed E-state index contributed by atoms with van der Waals surface area (Å²) in [6.07, 6.45) is -2.36. The van der Waals surface area contributed by atoms with Gasteiger partial charge in [0.2, 0.25) is 5.69 Å². The molecule has 3 aromatic carbocycles. The summed E-state index contributed by atoms with van der Waals surface area (Å²) in [6, 6.07) is 11.5. The van der Waals surface area contributed by atoms with Crippen molar-refractivity contribution in [2.24, 2.45) is 12.5 Å². The van der Waals surface area contributed by atoms with Crippen molar-refractivity contribution in [1.29, 1.82) is 0 Å². The van der Waals surface area contributed by atoms with Gasteiger partial charge in [-0.15, -0.1) is 0 Å². The van der Waals surface area contributed by atoms with Crippen LogP contribution in [0.4, 0.5) is 13.2 Å². The van der Waals surface area contributed by atoms with Crippen LogP contribution >= 0.6 is 0 Å². The number of furan rings is 1. The van der Waals surface area contributed by atoms with Crippen molar-refractivity contribution < 1.29 is 26.9 Å². The number of nitrogens with zero attached hydrogens (tertiary/aromatic N) is 1. The molecule has 36 heavy (non-hydrogen) atoms. The monoisotopic (exact) mass is 490 g/mol. The number of halogens is 3. The van der Waals surface area contributed by atoms with Crippen LogP contribution in [0.3, 0.4) is 0 Å². The number of aryl methyl sites for hydroxylation is 3. The second-order valence-corrected chi connectivity index (χ2v) is 10.7. The highest BCUT2D eigenvalue weighted by Gasteiger charge is 2.47. The molecule has 0 atom stereocenters. The molecule has 0 radical (unpaired) electrons. The molecule has 5 aromatic rings. The van der Waals surface area contributed by atoms with E-state index in [1.807, 2.05) is 25.4 Å². The molecule has 0 saturated carbocycles. The third-order valence-electron chi connectivity index (χ3n) is 7.73. The first-order chi connectivity index (χ1) is 16.9. The molecule has 0 fully saturated rings. The van der Waals surface area contributed by atoms with Gasteiger partial charge in [0, 0.05) is 28.3 Å².